The smallest absolute Gasteiger partial charge is 0.363 e. The van der Waals surface area contributed by atoms with Gasteiger partial charge in [-0.05, 0) is 49.4 Å². The highest BCUT2D eigenvalue weighted by Crippen LogP contribution is 2.39. The lowest BCUT2D eigenvalue weighted by Crippen LogP contribution is -2.07. The average molecular weight is 513 g/mol. The molecule has 2 heterocycles. The molecular formula is C29H24N2O5S. The summed E-state index contributed by atoms with van der Waals surface area (Å²) in [5, 5.41) is 1.72. The largest absolute Gasteiger partial charge is 0.493 e. The molecule has 7 nitrogen and oxygen atoms in total. The summed E-state index contributed by atoms with van der Waals surface area (Å²) in [7, 11) is 4.57. The van der Waals surface area contributed by atoms with E-state index in [2.05, 4.69) is 29.3 Å². The van der Waals surface area contributed by atoms with Crippen LogP contribution in [0.25, 0.3) is 17.0 Å². The Hall–Kier alpha value is -4.30. The van der Waals surface area contributed by atoms with Gasteiger partial charge in [-0.3, -0.25) is 0 Å². The van der Waals surface area contributed by atoms with E-state index in [0.717, 1.165) is 26.4 Å². The number of carbonyl (C=O) groups excluding carboxylic acids is 1. The van der Waals surface area contributed by atoms with E-state index in [-0.39, 0.29) is 11.6 Å². The first-order chi connectivity index (χ1) is 18.0. The minimum Gasteiger partial charge on any atom is -0.493 e. The zero-order valence-corrected chi connectivity index (χ0v) is 21.6. The summed E-state index contributed by atoms with van der Waals surface area (Å²) < 4.78 is 21.8. The van der Waals surface area contributed by atoms with Gasteiger partial charge in [-0.15, -0.1) is 0 Å². The van der Waals surface area contributed by atoms with Crippen molar-refractivity contribution in [3.05, 3.63) is 89.1 Å². The third kappa shape index (κ3) is 5.01. The number of para-hydroxylation sites is 1. The molecule has 0 atom stereocenters. The van der Waals surface area contributed by atoms with Crippen LogP contribution in [0.5, 0.6) is 17.2 Å². The van der Waals surface area contributed by atoms with Gasteiger partial charge in [0.15, 0.2) is 17.2 Å². The van der Waals surface area contributed by atoms with Gasteiger partial charge >= 0.3 is 5.97 Å². The Morgan fingerprint density at radius 2 is 1.59 bits per heavy atom. The Bertz CT molecular complexity index is 1540. The minimum atomic E-state index is -0.553. The van der Waals surface area contributed by atoms with E-state index < -0.39 is 5.97 Å². The second-order valence-corrected chi connectivity index (χ2v) is 9.30. The second kappa shape index (κ2) is 10.4. The number of hydrogen-bond acceptors (Lipinski definition) is 8. The van der Waals surface area contributed by atoms with Gasteiger partial charge in [0.05, 0.1) is 26.8 Å². The van der Waals surface area contributed by atoms with Crippen LogP contribution in [-0.4, -0.2) is 38.2 Å². The first-order valence-corrected chi connectivity index (χ1v) is 12.3. The first kappa shape index (κ1) is 24.4. The maximum Gasteiger partial charge on any atom is 0.363 e. The predicted octanol–water partition coefficient (Wildman–Crippen LogP) is 6.06. The van der Waals surface area contributed by atoms with Crippen molar-refractivity contribution in [3.63, 3.8) is 0 Å². The van der Waals surface area contributed by atoms with Crippen LogP contribution in [0.2, 0.25) is 0 Å². The number of cyclic esters (lactones) is 1. The molecule has 0 saturated carbocycles. The van der Waals surface area contributed by atoms with E-state index in [0.29, 0.717) is 22.8 Å². The summed E-state index contributed by atoms with van der Waals surface area (Å²) in [6.07, 6.45) is 1.71. The molecule has 4 aromatic rings. The molecule has 0 amide bonds. The fourth-order valence-electron chi connectivity index (χ4n) is 3.90. The summed E-state index contributed by atoms with van der Waals surface area (Å²) in [6.45, 7) is 2.05. The number of esters is 1. The predicted molar refractivity (Wildman–Crippen MR) is 144 cm³/mol. The van der Waals surface area contributed by atoms with E-state index in [1.165, 1.54) is 38.7 Å². The van der Waals surface area contributed by atoms with Gasteiger partial charge in [0.2, 0.25) is 11.6 Å². The Morgan fingerprint density at radius 3 is 2.27 bits per heavy atom. The Kier molecular flexibility index (Phi) is 6.83. The Balaban J connectivity index is 1.57. The monoisotopic (exact) mass is 512 g/mol. The molecule has 1 aromatic heterocycles. The number of pyridine rings is 1. The summed E-state index contributed by atoms with van der Waals surface area (Å²) >= 11 is 1.53. The van der Waals surface area contributed by atoms with Gasteiger partial charge in [-0.25, -0.2) is 14.8 Å². The van der Waals surface area contributed by atoms with Crippen LogP contribution in [0.15, 0.2) is 87.3 Å². The third-order valence-electron chi connectivity index (χ3n) is 5.78. The van der Waals surface area contributed by atoms with Crippen molar-refractivity contribution in [3.8, 4) is 17.2 Å². The van der Waals surface area contributed by atoms with Crippen molar-refractivity contribution < 1.29 is 23.7 Å². The number of carbonyl (C=O) groups is 1. The Labute approximate surface area is 218 Å². The van der Waals surface area contributed by atoms with E-state index in [4.69, 9.17) is 23.9 Å². The lowest BCUT2D eigenvalue weighted by molar-refractivity contribution is -0.129. The zero-order chi connectivity index (χ0) is 25.9. The maximum atomic E-state index is 12.8. The fourth-order valence-corrected chi connectivity index (χ4v) is 4.78. The van der Waals surface area contributed by atoms with Crippen molar-refractivity contribution in [2.24, 2.45) is 4.99 Å². The maximum absolute atomic E-state index is 12.8. The number of rotatable bonds is 7. The molecule has 0 bridgehead atoms. The molecule has 5 rings (SSSR count). The standard InChI is InChI=1S/C29H24N2O5S/c1-17-9-11-21(12-10-17)37-28-20(13-18-7-5-6-8-22(18)31-28)14-23-29(32)36-27(30-23)19-15-24(33-2)26(35-4)25(16-19)34-3/h5-16H,1-4H3. The molecule has 0 spiro atoms. The SMILES string of the molecule is COc1cc(C2=NC(=Cc3cc4ccccc4nc3Sc3ccc(C)cc3)C(=O)O2)cc(OC)c1OC. The zero-order valence-electron chi connectivity index (χ0n) is 20.8. The highest BCUT2D eigenvalue weighted by atomic mass is 32.2. The van der Waals surface area contributed by atoms with Crippen LogP contribution in [0.1, 0.15) is 16.7 Å². The highest BCUT2D eigenvalue weighted by Gasteiger charge is 2.27. The van der Waals surface area contributed by atoms with E-state index in [1.54, 1.807) is 18.2 Å². The van der Waals surface area contributed by atoms with Crippen molar-refractivity contribution in [1.29, 1.82) is 0 Å². The van der Waals surface area contributed by atoms with Crippen LogP contribution in [0.4, 0.5) is 0 Å². The van der Waals surface area contributed by atoms with Crippen LogP contribution >= 0.6 is 11.8 Å². The number of aliphatic imine (C=N–C) groups is 1. The topological polar surface area (TPSA) is 79.2 Å². The van der Waals surface area contributed by atoms with Crippen molar-refractivity contribution in [1.82, 2.24) is 4.98 Å². The molecule has 0 N–H and O–H groups in total. The number of ether oxygens (including phenoxy) is 4. The lowest BCUT2D eigenvalue weighted by Gasteiger charge is -2.13. The normalized spacial score (nSPS) is 14.0. The number of nitrogens with zero attached hydrogens (tertiary/aromatic N) is 2. The van der Waals surface area contributed by atoms with Gasteiger partial charge in [0, 0.05) is 21.4 Å². The first-order valence-electron chi connectivity index (χ1n) is 11.5. The van der Waals surface area contributed by atoms with Crippen LogP contribution in [-0.2, 0) is 9.53 Å². The van der Waals surface area contributed by atoms with Gasteiger partial charge in [0.1, 0.15) is 5.03 Å². The lowest BCUT2D eigenvalue weighted by atomic mass is 10.1. The molecule has 0 aliphatic carbocycles. The molecule has 0 radical (unpaired) electrons. The molecule has 37 heavy (non-hydrogen) atoms. The Morgan fingerprint density at radius 1 is 0.892 bits per heavy atom. The fraction of sp³-hybridized carbons (Fsp3) is 0.138. The number of aryl methyl sites for hydroxylation is 1. The highest BCUT2D eigenvalue weighted by molar-refractivity contribution is 7.99. The third-order valence-corrected chi connectivity index (χ3v) is 6.80. The average Bonchev–Trinajstić information content (AvgIpc) is 3.29. The molecule has 186 valence electrons. The van der Waals surface area contributed by atoms with Crippen LogP contribution < -0.4 is 14.2 Å². The second-order valence-electron chi connectivity index (χ2n) is 8.24. The minimum absolute atomic E-state index is 0.150. The van der Waals surface area contributed by atoms with Crippen molar-refractivity contribution >= 4 is 40.6 Å². The summed E-state index contributed by atoms with van der Waals surface area (Å²) in [5.74, 6) is 0.904. The number of benzene rings is 3. The molecular weight excluding hydrogens is 488 g/mol. The molecule has 0 unspecified atom stereocenters. The number of fused-ring (bicyclic) bond motifs is 1. The summed E-state index contributed by atoms with van der Waals surface area (Å²) in [6, 6.07) is 21.5. The van der Waals surface area contributed by atoms with Crippen molar-refractivity contribution in [2.45, 2.75) is 16.8 Å². The van der Waals surface area contributed by atoms with Crippen LogP contribution in [0, 0.1) is 6.92 Å². The van der Waals surface area contributed by atoms with Crippen LogP contribution in [0.3, 0.4) is 0 Å². The van der Waals surface area contributed by atoms with E-state index >= 15 is 0 Å². The molecule has 0 saturated heterocycles. The van der Waals surface area contributed by atoms with Gasteiger partial charge in [-0.1, -0.05) is 47.7 Å². The molecule has 1 aliphatic heterocycles. The number of aromatic nitrogens is 1. The van der Waals surface area contributed by atoms with E-state index in [1.807, 2.05) is 37.3 Å². The number of hydrogen-bond donors (Lipinski definition) is 0. The summed E-state index contributed by atoms with van der Waals surface area (Å²) in [4.78, 5) is 23.3. The molecule has 3 aromatic carbocycles. The quantitative estimate of drug-likeness (QED) is 0.220. The van der Waals surface area contributed by atoms with Gasteiger partial charge in [0.25, 0.3) is 0 Å². The summed E-state index contributed by atoms with van der Waals surface area (Å²) in [5.41, 5.74) is 3.52. The number of methoxy groups -OCH3 is 3. The van der Waals surface area contributed by atoms with E-state index in [9.17, 15) is 4.79 Å². The molecule has 8 heteroatoms. The van der Waals surface area contributed by atoms with Crippen molar-refractivity contribution in [2.75, 3.05) is 21.3 Å². The molecule has 0 fully saturated rings. The van der Waals surface area contributed by atoms with Gasteiger partial charge < -0.3 is 18.9 Å². The molecule has 1 aliphatic rings. The van der Waals surface area contributed by atoms with Gasteiger partial charge in [-0.2, -0.15) is 0 Å².